The largest absolute Gasteiger partial charge is 0.493 e. The van der Waals surface area contributed by atoms with Gasteiger partial charge in [0.2, 0.25) is 0 Å². The summed E-state index contributed by atoms with van der Waals surface area (Å²) in [5.74, 6) is 0.342. The SMILES string of the molecule is COc1cc(/C=C/CN)cc(C(F)F)c1OC. The standard InChI is InChI=1S/C12H15F2NO2/c1-16-10-7-8(4-3-5-15)6-9(12(13)14)11(10)17-2/h3-4,6-7,12H,5,15H2,1-2H3/b4-3+. The molecule has 0 fully saturated rings. The molecule has 0 saturated heterocycles. The van der Waals surface area contributed by atoms with E-state index in [2.05, 4.69) is 0 Å². The molecule has 1 aromatic carbocycles. The molecule has 0 aliphatic carbocycles. The molecule has 0 heterocycles. The van der Waals surface area contributed by atoms with Crippen LogP contribution in [0.25, 0.3) is 6.08 Å². The summed E-state index contributed by atoms with van der Waals surface area (Å²) in [5.41, 5.74) is 5.72. The lowest BCUT2D eigenvalue weighted by molar-refractivity contribution is 0.146. The van der Waals surface area contributed by atoms with Crippen LogP contribution in [0, 0.1) is 0 Å². The second kappa shape index (κ2) is 6.20. The Morgan fingerprint density at radius 2 is 2.00 bits per heavy atom. The summed E-state index contributed by atoms with van der Waals surface area (Å²) in [6, 6.07) is 2.98. The Kier molecular flexibility index (Phi) is 4.90. The minimum absolute atomic E-state index is 0.0624. The predicted molar refractivity (Wildman–Crippen MR) is 62.6 cm³/mol. The highest BCUT2D eigenvalue weighted by molar-refractivity contribution is 5.59. The quantitative estimate of drug-likeness (QED) is 0.864. The van der Waals surface area contributed by atoms with Crippen molar-refractivity contribution < 1.29 is 18.3 Å². The fourth-order valence-electron chi connectivity index (χ4n) is 1.48. The fourth-order valence-corrected chi connectivity index (χ4v) is 1.48. The van der Waals surface area contributed by atoms with E-state index in [9.17, 15) is 8.78 Å². The number of benzene rings is 1. The third kappa shape index (κ3) is 3.17. The molecular weight excluding hydrogens is 228 g/mol. The molecule has 1 aromatic rings. The molecule has 0 aliphatic heterocycles. The summed E-state index contributed by atoms with van der Waals surface area (Å²) < 4.78 is 35.7. The van der Waals surface area contributed by atoms with Gasteiger partial charge in [-0.3, -0.25) is 0 Å². The van der Waals surface area contributed by atoms with Gasteiger partial charge in [0.25, 0.3) is 6.43 Å². The summed E-state index contributed by atoms with van der Waals surface area (Å²) in [7, 11) is 2.74. The molecule has 17 heavy (non-hydrogen) atoms. The van der Waals surface area contributed by atoms with E-state index in [0.717, 1.165) is 0 Å². The Morgan fingerprint density at radius 3 is 2.47 bits per heavy atom. The first-order valence-corrected chi connectivity index (χ1v) is 5.04. The minimum atomic E-state index is -2.62. The first-order chi connectivity index (χ1) is 8.13. The highest BCUT2D eigenvalue weighted by Gasteiger charge is 2.18. The van der Waals surface area contributed by atoms with Crippen LogP contribution in [0.3, 0.4) is 0 Å². The van der Waals surface area contributed by atoms with Gasteiger partial charge in [-0.1, -0.05) is 12.2 Å². The van der Waals surface area contributed by atoms with Gasteiger partial charge in [0.05, 0.1) is 19.8 Å². The van der Waals surface area contributed by atoms with Gasteiger partial charge in [-0.25, -0.2) is 8.78 Å². The second-order valence-corrected chi connectivity index (χ2v) is 3.28. The molecule has 0 atom stereocenters. The summed E-state index contributed by atoms with van der Waals surface area (Å²) >= 11 is 0. The molecular formula is C12H15F2NO2. The molecule has 0 bridgehead atoms. The number of hydrogen-bond donors (Lipinski definition) is 1. The van der Waals surface area contributed by atoms with E-state index in [1.54, 1.807) is 18.2 Å². The van der Waals surface area contributed by atoms with E-state index >= 15 is 0 Å². The van der Waals surface area contributed by atoms with Crippen LogP contribution in [-0.2, 0) is 0 Å². The van der Waals surface area contributed by atoms with E-state index in [0.29, 0.717) is 12.1 Å². The first-order valence-electron chi connectivity index (χ1n) is 5.04. The zero-order chi connectivity index (χ0) is 12.8. The highest BCUT2D eigenvalue weighted by atomic mass is 19.3. The average molecular weight is 243 g/mol. The van der Waals surface area contributed by atoms with Gasteiger partial charge in [0.1, 0.15) is 0 Å². The van der Waals surface area contributed by atoms with Gasteiger partial charge in [-0.2, -0.15) is 0 Å². The first kappa shape index (κ1) is 13.4. The monoisotopic (exact) mass is 243 g/mol. The van der Waals surface area contributed by atoms with E-state index in [4.69, 9.17) is 15.2 Å². The molecule has 0 spiro atoms. The minimum Gasteiger partial charge on any atom is -0.493 e. The number of rotatable bonds is 5. The molecule has 94 valence electrons. The lowest BCUT2D eigenvalue weighted by atomic mass is 10.1. The zero-order valence-electron chi connectivity index (χ0n) is 9.74. The Bertz CT molecular complexity index is 406. The maximum Gasteiger partial charge on any atom is 0.267 e. The number of halogens is 2. The summed E-state index contributed by atoms with van der Waals surface area (Å²) in [6.07, 6.45) is 0.717. The van der Waals surface area contributed by atoms with Crippen LogP contribution in [-0.4, -0.2) is 20.8 Å². The Balaban J connectivity index is 3.29. The van der Waals surface area contributed by atoms with Crippen molar-refractivity contribution in [2.75, 3.05) is 20.8 Å². The number of nitrogens with two attached hydrogens (primary N) is 1. The molecule has 0 aromatic heterocycles. The van der Waals surface area contributed by atoms with Crippen LogP contribution in [0.5, 0.6) is 11.5 Å². The van der Waals surface area contributed by atoms with Crippen molar-refractivity contribution >= 4 is 6.08 Å². The van der Waals surface area contributed by atoms with Crippen molar-refractivity contribution in [1.29, 1.82) is 0 Å². The number of hydrogen-bond acceptors (Lipinski definition) is 3. The topological polar surface area (TPSA) is 44.5 Å². The predicted octanol–water partition coefficient (Wildman–Crippen LogP) is 2.61. The van der Waals surface area contributed by atoms with Crippen LogP contribution in [0.4, 0.5) is 8.78 Å². The fraction of sp³-hybridized carbons (Fsp3) is 0.333. The van der Waals surface area contributed by atoms with Gasteiger partial charge in [0, 0.05) is 6.54 Å². The van der Waals surface area contributed by atoms with Gasteiger partial charge in [-0.15, -0.1) is 0 Å². The Morgan fingerprint density at radius 1 is 1.29 bits per heavy atom. The van der Waals surface area contributed by atoms with Crippen LogP contribution >= 0.6 is 0 Å². The van der Waals surface area contributed by atoms with Crippen molar-refractivity contribution in [3.8, 4) is 11.5 Å². The number of ether oxygens (including phenoxy) is 2. The maximum absolute atomic E-state index is 12.8. The van der Waals surface area contributed by atoms with Gasteiger partial charge in [0.15, 0.2) is 11.5 Å². The molecule has 2 N–H and O–H groups in total. The van der Waals surface area contributed by atoms with Gasteiger partial charge >= 0.3 is 0 Å². The zero-order valence-corrected chi connectivity index (χ0v) is 9.74. The van der Waals surface area contributed by atoms with Crippen molar-refractivity contribution in [3.05, 3.63) is 29.3 Å². The van der Waals surface area contributed by atoms with E-state index in [1.165, 1.54) is 20.3 Å². The van der Waals surface area contributed by atoms with E-state index < -0.39 is 6.43 Å². The average Bonchev–Trinajstić information content (AvgIpc) is 2.34. The molecule has 0 amide bonds. The second-order valence-electron chi connectivity index (χ2n) is 3.28. The van der Waals surface area contributed by atoms with Crippen LogP contribution in [0.1, 0.15) is 17.6 Å². The molecule has 0 radical (unpaired) electrons. The smallest absolute Gasteiger partial charge is 0.267 e. The molecule has 3 nitrogen and oxygen atoms in total. The Labute approximate surface area is 98.8 Å². The normalized spacial score (nSPS) is 11.2. The van der Waals surface area contributed by atoms with Crippen molar-refractivity contribution in [2.45, 2.75) is 6.43 Å². The van der Waals surface area contributed by atoms with Gasteiger partial charge in [-0.05, 0) is 17.7 Å². The summed E-state index contributed by atoms with van der Waals surface area (Å²) in [4.78, 5) is 0. The lowest BCUT2D eigenvalue weighted by Gasteiger charge is -2.13. The molecule has 0 unspecified atom stereocenters. The molecule has 0 aliphatic rings. The summed E-state index contributed by atoms with van der Waals surface area (Å²) in [5, 5.41) is 0. The van der Waals surface area contributed by atoms with Crippen LogP contribution < -0.4 is 15.2 Å². The Hall–Kier alpha value is -1.62. The number of alkyl halides is 2. The van der Waals surface area contributed by atoms with E-state index in [-0.39, 0.29) is 17.1 Å². The van der Waals surface area contributed by atoms with Gasteiger partial charge < -0.3 is 15.2 Å². The van der Waals surface area contributed by atoms with Crippen molar-refractivity contribution in [3.63, 3.8) is 0 Å². The maximum atomic E-state index is 12.8. The van der Waals surface area contributed by atoms with Crippen LogP contribution in [0.15, 0.2) is 18.2 Å². The highest BCUT2D eigenvalue weighted by Crippen LogP contribution is 2.38. The van der Waals surface area contributed by atoms with Crippen molar-refractivity contribution in [2.24, 2.45) is 5.73 Å². The van der Waals surface area contributed by atoms with Crippen LogP contribution in [0.2, 0.25) is 0 Å². The molecule has 1 rings (SSSR count). The third-order valence-electron chi connectivity index (χ3n) is 2.21. The van der Waals surface area contributed by atoms with E-state index in [1.807, 2.05) is 0 Å². The summed E-state index contributed by atoms with van der Waals surface area (Å²) in [6.45, 7) is 0.346. The lowest BCUT2D eigenvalue weighted by Crippen LogP contribution is -1.98. The third-order valence-corrected chi connectivity index (χ3v) is 2.21. The van der Waals surface area contributed by atoms with Crippen molar-refractivity contribution in [1.82, 2.24) is 0 Å². The molecule has 0 saturated carbocycles. The number of methoxy groups -OCH3 is 2. The molecule has 5 heteroatoms.